The smallest absolute Gasteiger partial charge is 0.311 e. The Hall–Kier alpha value is -2.18. The third-order valence-electron chi connectivity index (χ3n) is 1.99. The number of nitro benzene ring substituents is 1. The average Bonchev–Trinajstić information content (AvgIpc) is 2.29. The highest BCUT2D eigenvalue weighted by molar-refractivity contribution is 5.69. The van der Waals surface area contributed by atoms with Crippen LogP contribution in [0.15, 0.2) is 18.2 Å². The van der Waals surface area contributed by atoms with Crippen molar-refractivity contribution in [3.63, 3.8) is 0 Å². The van der Waals surface area contributed by atoms with E-state index in [1.54, 1.807) is 6.92 Å². The molecular weight excluding hydrogens is 245 g/mol. The summed E-state index contributed by atoms with van der Waals surface area (Å²) >= 11 is 0. The summed E-state index contributed by atoms with van der Waals surface area (Å²) in [4.78, 5) is 21.0. The van der Waals surface area contributed by atoms with E-state index in [-0.39, 0.29) is 31.1 Å². The largest absolute Gasteiger partial charge is 0.486 e. The Morgan fingerprint density at radius 1 is 1.50 bits per heavy atom. The van der Waals surface area contributed by atoms with Gasteiger partial charge in [0.15, 0.2) is 5.75 Å². The van der Waals surface area contributed by atoms with Crippen molar-refractivity contribution in [2.24, 2.45) is 0 Å². The first kappa shape index (κ1) is 13.9. The van der Waals surface area contributed by atoms with E-state index in [0.717, 1.165) is 18.2 Å². The third-order valence-corrected chi connectivity index (χ3v) is 1.99. The maximum atomic E-state index is 12.9. The first-order valence-corrected chi connectivity index (χ1v) is 5.27. The Morgan fingerprint density at radius 2 is 2.22 bits per heavy atom. The van der Waals surface area contributed by atoms with Crippen LogP contribution in [0.25, 0.3) is 0 Å². The van der Waals surface area contributed by atoms with E-state index in [2.05, 4.69) is 4.74 Å². The van der Waals surface area contributed by atoms with E-state index in [4.69, 9.17) is 4.74 Å². The lowest BCUT2D eigenvalue weighted by Crippen LogP contribution is -2.10. The molecule has 0 unspecified atom stereocenters. The zero-order chi connectivity index (χ0) is 13.5. The van der Waals surface area contributed by atoms with Gasteiger partial charge in [0.05, 0.1) is 24.6 Å². The van der Waals surface area contributed by atoms with Gasteiger partial charge in [-0.2, -0.15) is 0 Å². The fourth-order valence-electron chi connectivity index (χ4n) is 1.23. The highest BCUT2D eigenvalue weighted by Crippen LogP contribution is 2.27. The SMILES string of the molecule is CCOC(=O)CCOc1cc(F)ccc1[N+](=O)[O-]. The number of nitro groups is 1. The third kappa shape index (κ3) is 4.00. The van der Waals surface area contributed by atoms with Crippen molar-refractivity contribution in [3.8, 4) is 5.75 Å². The molecule has 18 heavy (non-hydrogen) atoms. The van der Waals surface area contributed by atoms with E-state index in [1.165, 1.54) is 0 Å². The van der Waals surface area contributed by atoms with Crippen molar-refractivity contribution in [1.82, 2.24) is 0 Å². The van der Waals surface area contributed by atoms with E-state index < -0.39 is 16.7 Å². The highest BCUT2D eigenvalue weighted by Gasteiger charge is 2.16. The molecule has 0 fully saturated rings. The van der Waals surface area contributed by atoms with E-state index >= 15 is 0 Å². The molecule has 7 heteroatoms. The number of hydrogen-bond donors (Lipinski definition) is 0. The minimum Gasteiger partial charge on any atom is -0.486 e. The predicted octanol–water partition coefficient (Wildman–Crippen LogP) is 2.07. The van der Waals surface area contributed by atoms with E-state index in [1.807, 2.05) is 0 Å². The molecule has 0 aromatic heterocycles. The Morgan fingerprint density at radius 3 is 2.83 bits per heavy atom. The lowest BCUT2D eigenvalue weighted by Gasteiger charge is -2.06. The Bertz CT molecular complexity index is 449. The molecule has 0 saturated heterocycles. The molecule has 0 N–H and O–H groups in total. The maximum Gasteiger partial charge on any atom is 0.311 e. The fraction of sp³-hybridized carbons (Fsp3) is 0.364. The summed E-state index contributed by atoms with van der Waals surface area (Å²) in [5.74, 6) is -1.33. The molecule has 0 spiro atoms. The molecule has 1 aromatic rings. The summed E-state index contributed by atoms with van der Waals surface area (Å²) < 4.78 is 22.6. The van der Waals surface area contributed by atoms with Gasteiger partial charge in [-0.15, -0.1) is 0 Å². The number of benzene rings is 1. The van der Waals surface area contributed by atoms with Gasteiger partial charge in [0.2, 0.25) is 0 Å². The van der Waals surface area contributed by atoms with Gasteiger partial charge in [0, 0.05) is 12.1 Å². The lowest BCUT2D eigenvalue weighted by atomic mass is 10.3. The van der Waals surface area contributed by atoms with Gasteiger partial charge < -0.3 is 9.47 Å². The highest BCUT2D eigenvalue weighted by atomic mass is 19.1. The first-order chi connectivity index (χ1) is 8.54. The van der Waals surface area contributed by atoms with Crippen molar-refractivity contribution in [2.75, 3.05) is 13.2 Å². The number of carbonyl (C=O) groups is 1. The van der Waals surface area contributed by atoms with Gasteiger partial charge in [-0.25, -0.2) is 4.39 Å². The molecule has 1 aromatic carbocycles. The molecular formula is C11H12FNO5. The summed E-state index contributed by atoms with van der Waals surface area (Å²) in [5.41, 5.74) is -0.347. The minimum atomic E-state index is -0.681. The second-order valence-electron chi connectivity index (χ2n) is 3.27. The number of nitrogens with zero attached hydrogens (tertiary/aromatic N) is 1. The zero-order valence-electron chi connectivity index (χ0n) is 9.72. The standard InChI is InChI=1S/C11H12FNO5/c1-2-17-11(14)5-6-18-10-7-8(12)3-4-9(10)13(15)16/h3-4,7H,2,5-6H2,1H3. The number of carbonyl (C=O) groups excluding carboxylic acids is 1. The number of halogens is 1. The van der Waals surface area contributed by atoms with Crippen LogP contribution in [0.1, 0.15) is 13.3 Å². The Labute approximate surface area is 102 Å². The molecule has 0 saturated carbocycles. The Kier molecular flexibility index (Phi) is 5.04. The van der Waals surface area contributed by atoms with Gasteiger partial charge in [0.25, 0.3) is 0 Å². The van der Waals surface area contributed by atoms with Gasteiger partial charge in [-0.05, 0) is 13.0 Å². The number of hydrogen-bond acceptors (Lipinski definition) is 5. The van der Waals surface area contributed by atoms with Crippen LogP contribution in [-0.4, -0.2) is 24.1 Å². The lowest BCUT2D eigenvalue weighted by molar-refractivity contribution is -0.385. The van der Waals surface area contributed by atoms with Crippen LogP contribution in [0.3, 0.4) is 0 Å². The van der Waals surface area contributed by atoms with Crippen molar-refractivity contribution < 1.29 is 23.6 Å². The van der Waals surface area contributed by atoms with E-state index in [0.29, 0.717) is 0 Å². The molecule has 0 radical (unpaired) electrons. The quantitative estimate of drug-likeness (QED) is 0.443. The van der Waals surface area contributed by atoms with Gasteiger partial charge in [0.1, 0.15) is 5.82 Å². The normalized spacial score (nSPS) is 9.89. The molecule has 0 amide bonds. The number of esters is 1. The van der Waals surface area contributed by atoms with Crippen LogP contribution in [0.4, 0.5) is 10.1 Å². The summed E-state index contributed by atoms with van der Waals surface area (Å²) in [7, 11) is 0. The second kappa shape index (κ2) is 6.53. The van der Waals surface area contributed by atoms with Crippen molar-refractivity contribution in [2.45, 2.75) is 13.3 Å². The first-order valence-electron chi connectivity index (χ1n) is 5.27. The molecule has 0 atom stereocenters. The maximum absolute atomic E-state index is 12.9. The molecule has 0 bridgehead atoms. The molecule has 1 rings (SSSR count). The summed E-state index contributed by atoms with van der Waals surface area (Å²) in [6.07, 6.45) is -0.0541. The van der Waals surface area contributed by atoms with Crippen LogP contribution in [0.5, 0.6) is 5.75 Å². The van der Waals surface area contributed by atoms with E-state index in [9.17, 15) is 19.3 Å². The van der Waals surface area contributed by atoms with Crippen LogP contribution in [0, 0.1) is 15.9 Å². The molecule has 0 aliphatic rings. The van der Waals surface area contributed by atoms with Crippen molar-refractivity contribution in [1.29, 1.82) is 0 Å². The number of rotatable bonds is 6. The molecule has 6 nitrogen and oxygen atoms in total. The molecule has 0 heterocycles. The summed E-state index contributed by atoms with van der Waals surface area (Å²) in [5, 5.41) is 10.6. The summed E-state index contributed by atoms with van der Waals surface area (Å²) in [6.45, 7) is 1.80. The minimum absolute atomic E-state index is 0.0541. The average molecular weight is 257 g/mol. The van der Waals surface area contributed by atoms with Crippen LogP contribution >= 0.6 is 0 Å². The molecule has 0 aliphatic heterocycles. The monoisotopic (exact) mass is 257 g/mol. The van der Waals surface area contributed by atoms with Crippen molar-refractivity contribution in [3.05, 3.63) is 34.1 Å². The zero-order valence-corrected chi connectivity index (χ0v) is 9.72. The number of ether oxygens (including phenoxy) is 2. The second-order valence-corrected chi connectivity index (χ2v) is 3.27. The van der Waals surface area contributed by atoms with Crippen LogP contribution in [0.2, 0.25) is 0 Å². The fourth-order valence-corrected chi connectivity index (χ4v) is 1.23. The van der Waals surface area contributed by atoms with Gasteiger partial charge in [-0.1, -0.05) is 0 Å². The van der Waals surface area contributed by atoms with Crippen LogP contribution < -0.4 is 4.74 Å². The predicted molar refractivity (Wildman–Crippen MR) is 59.8 cm³/mol. The van der Waals surface area contributed by atoms with Gasteiger partial charge in [-0.3, -0.25) is 14.9 Å². The summed E-state index contributed by atoms with van der Waals surface area (Å²) in [6, 6.07) is 2.88. The van der Waals surface area contributed by atoms with Gasteiger partial charge >= 0.3 is 11.7 Å². The topological polar surface area (TPSA) is 78.7 Å². The van der Waals surface area contributed by atoms with Crippen LogP contribution in [-0.2, 0) is 9.53 Å². The Balaban J connectivity index is 2.63. The van der Waals surface area contributed by atoms with Crippen molar-refractivity contribution >= 4 is 11.7 Å². The molecule has 98 valence electrons. The molecule has 0 aliphatic carbocycles.